The number of carbonyl (C=O) groups excluding carboxylic acids is 1. The van der Waals surface area contributed by atoms with Crippen LogP contribution in [0, 0.1) is 11.7 Å². The van der Waals surface area contributed by atoms with Gasteiger partial charge in [0.1, 0.15) is 18.2 Å². The van der Waals surface area contributed by atoms with E-state index in [1.807, 2.05) is 18.2 Å². The fourth-order valence-corrected chi connectivity index (χ4v) is 5.46. The molecule has 4 heterocycles. The largest absolute Gasteiger partial charge is 0.473 e. The summed E-state index contributed by atoms with van der Waals surface area (Å²) in [7, 11) is 1.36. The Labute approximate surface area is 242 Å². The molecular formula is C31H30ClFN4O4. The Bertz CT molecular complexity index is 1620. The van der Waals surface area contributed by atoms with Crippen molar-refractivity contribution in [3.8, 4) is 5.88 Å². The molecule has 0 spiro atoms. The summed E-state index contributed by atoms with van der Waals surface area (Å²) in [5.74, 6) is 0.992. The number of hydrogen-bond acceptors (Lipinski definition) is 7. The highest BCUT2D eigenvalue weighted by Gasteiger charge is 2.25. The summed E-state index contributed by atoms with van der Waals surface area (Å²) >= 11 is 5.84. The van der Waals surface area contributed by atoms with Gasteiger partial charge in [0.25, 0.3) is 0 Å². The molecule has 0 saturated carbocycles. The van der Waals surface area contributed by atoms with E-state index in [4.69, 9.17) is 30.8 Å². The first kappa shape index (κ1) is 27.4. The SMILES string of the molecule is COC(=O)c1cnc2nc(CC3CC=C(c4cccc(OCc5ccc(Cl)cc5F)n4)CC3)n(CC3CCO3)c2c1. The highest BCUT2D eigenvalue weighted by molar-refractivity contribution is 6.30. The second-order valence-electron chi connectivity index (χ2n) is 10.4. The van der Waals surface area contributed by atoms with Gasteiger partial charge < -0.3 is 18.8 Å². The molecule has 6 rings (SSSR count). The number of carbonyl (C=O) groups is 1. The third kappa shape index (κ3) is 6.11. The lowest BCUT2D eigenvalue weighted by Gasteiger charge is -2.28. The van der Waals surface area contributed by atoms with Crippen molar-refractivity contribution in [1.29, 1.82) is 0 Å². The second-order valence-corrected chi connectivity index (χ2v) is 10.9. The lowest BCUT2D eigenvalue weighted by atomic mass is 9.86. The van der Waals surface area contributed by atoms with Crippen molar-refractivity contribution in [2.75, 3.05) is 13.7 Å². The van der Waals surface area contributed by atoms with Crippen molar-refractivity contribution >= 4 is 34.3 Å². The Hall–Kier alpha value is -3.82. The zero-order valence-electron chi connectivity index (χ0n) is 22.7. The number of hydrogen-bond donors (Lipinski definition) is 0. The Morgan fingerprint density at radius 1 is 1.20 bits per heavy atom. The number of rotatable bonds is 9. The van der Waals surface area contributed by atoms with E-state index in [-0.39, 0.29) is 12.7 Å². The quantitative estimate of drug-likeness (QED) is 0.219. The molecular weight excluding hydrogens is 547 g/mol. The van der Waals surface area contributed by atoms with E-state index in [1.54, 1.807) is 18.2 Å². The maximum Gasteiger partial charge on any atom is 0.339 e. The Morgan fingerprint density at radius 3 is 2.80 bits per heavy atom. The minimum atomic E-state index is -0.418. The molecule has 1 aromatic carbocycles. The maximum atomic E-state index is 14.1. The van der Waals surface area contributed by atoms with Crippen LogP contribution in [0.5, 0.6) is 5.88 Å². The van der Waals surface area contributed by atoms with Gasteiger partial charge in [0, 0.05) is 35.9 Å². The number of aromatic nitrogens is 4. The van der Waals surface area contributed by atoms with Gasteiger partial charge in [-0.05, 0) is 61.4 Å². The van der Waals surface area contributed by atoms with Crippen molar-refractivity contribution in [3.05, 3.63) is 88.2 Å². The lowest BCUT2D eigenvalue weighted by molar-refractivity contribution is -0.0590. The van der Waals surface area contributed by atoms with Crippen LogP contribution in [0.25, 0.3) is 16.7 Å². The molecule has 0 N–H and O–H groups in total. The predicted octanol–water partition coefficient (Wildman–Crippen LogP) is 6.20. The first-order valence-corrected chi connectivity index (χ1v) is 14.1. The van der Waals surface area contributed by atoms with E-state index in [0.717, 1.165) is 55.7 Å². The number of nitrogens with zero attached hydrogens (tertiary/aromatic N) is 4. The third-order valence-corrected chi connectivity index (χ3v) is 7.95. The van der Waals surface area contributed by atoms with Crippen LogP contribution in [0.1, 0.15) is 53.1 Å². The standard InChI is InChI=1S/C31H30ClFN4O4/c1-39-31(38)22-14-27-30(34-16-22)36-28(37(27)17-24-11-12-40-24)13-19-5-7-20(8-6-19)26-3-2-4-29(35-26)41-18-21-9-10-23(32)15-25(21)33/h2-4,7,9-10,14-16,19,24H,5-6,8,11-13,17-18H2,1H3. The molecule has 0 amide bonds. The van der Waals surface area contributed by atoms with Crippen molar-refractivity contribution in [2.45, 2.75) is 51.4 Å². The van der Waals surface area contributed by atoms with Gasteiger partial charge in [-0.1, -0.05) is 29.8 Å². The summed E-state index contributed by atoms with van der Waals surface area (Å²) in [5.41, 5.74) is 4.32. The van der Waals surface area contributed by atoms with Crippen LogP contribution in [0.15, 0.2) is 54.7 Å². The lowest BCUT2D eigenvalue weighted by Crippen LogP contribution is -2.32. The molecule has 2 unspecified atom stereocenters. The molecule has 2 aliphatic rings. The first-order chi connectivity index (χ1) is 20.0. The molecule has 1 aliphatic heterocycles. The molecule has 1 fully saturated rings. The molecule has 2 atom stereocenters. The summed E-state index contributed by atoms with van der Waals surface area (Å²) in [6.07, 6.45) is 8.45. The molecule has 41 heavy (non-hydrogen) atoms. The monoisotopic (exact) mass is 576 g/mol. The average molecular weight is 577 g/mol. The van der Waals surface area contributed by atoms with Crippen LogP contribution in [-0.4, -0.2) is 45.3 Å². The van der Waals surface area contributed by atoms with Crippen molar-refractivity contribution in [1.82, 2.24) is 19.5 Å². The van der Waals surface area contributed by atoms with E-state index >= 15 is 0 Å². The summed E-state index contributed by atoms with van der Waals surface area (Å²) in [4.78, 5) is 26.1. The molecule has 1 aliphatic carbocycles. The minimum Gasteiger partial charge on any atom is -0.473 e. The van der Waals surface area contributed by atoms with Gasteiger partial charge in [0.15, 0.2) is 5.65 Å². The van der Waals surface area contributed by atoms with Crippen LogP contribution in [-0.2, 0) is 29.0 Å². The maximum absolute atomic E-state index is 14.1. The Kier molecular flexibility index (Phi) is 7.98. The summed E-state index contributed by atoms with van der Waals surface area (Å²) < 4.78 is 32.7. The van der Waals surface area contributed by atoms with Gasteiger partial charge in [-0.15, -0.1) is 0 Å². The highest BCUT2D eigenvalue weighted by atomic mass is 35.5. The van der Waals surface area contributed by atoms with Crippen molar-refractivity contribution in [2.24, 2.45) is 5.92 Å². The van der Waals surface area contributed by atoms with Crippen molar-refractivity contribution < 1.29 is 23.4 Å². The molecule has 8 nitrogen and oxygen atoms in total. The minimum absolute atomic E-state index is 0.0729. The first-order valence-electron chi connectivity index (χ1n) is 13.7. The zero-order chi connectivity index (χ0) is 28.3. The van der Waals surface area contributed by atoms with Gasteiger partial charge in [-0.3, -0.25) is 0 Å². The van der Waals surface area contributed by atoms with E-state index < -0.39 is 11.8 Å². The molecule has 3 aromatic heterocycles. The van der Waals surface area contributed by atoms with Crippen LogP contribution in [0.2, 0.25) is 5.02 Å². The number of imidazole rings is 1. The van der Waals surface area contributed by atoms with Crippen LogP contribution in [0.4, 0.5) is 4.39 Å². The van der Waals surface area contributed by atoms with E-state index in [1.165, 1.54) is 24.9 Å². The smallest absolute Gasteiger partial charge is 0.339 e. The van der Waals surface area contributed by atoms with Crippen LogP contribution < -0.4 is 4.74 Å². The highest BCUT2D eigenvalue weighted by Crippen LogP contribution is 2.33. The van der Waals surface area contributed by atoms with E-state index in [9.17, 15) is 9.18 Å². The van der Waals surface area contributed by atoms with Crippen LogP contribution in [0.3, 0.4) is 0 Å². The van der Waals surface area contributed by atoms with E-state index in [2.05, 4.69) is 20.6 Å². The second kappa shape index (κ2) is 12.0. The Balaban J connectivity index is 1.15. The molecule has 0 radical (unpaired) electrons. The number of pyridine rings is 2. The number of ether oxygens (including phenoxy) is 3. The zero-order valence-corrected chi connectivity index (χ0v) is 23.4. The Morgan fingerprint density at radius 2 is 2.07 bits per heavy atom. The third-order valence-electron chi connectivity index (χ3n) is 7.72. The fraction of sp³-hybridized carbons (Fsp3) is 0.355. The number of methoxy groups -OCH3 is 1. The van der Waals surface area contributed by atoms with Crippen molar-refractivity contribution in [3.63, 3.8) is 0 Å². The summed E-state index contributed by atoms with van der Waals surface area (Å²) in [5, 5.41) is 0.350. The molecule has 1 saturated heterocycles. The summed E-state index contributed by atoms with van der Waals surface area (Å²) in [6.45, 7) is 1.53. The summed E-state index contributed by atoms with van der Waals surface area (Å²) in [6, 6.07) is 12.0. The topological polar surface area (TPSA) is 88.4 Å². The number of allylic oxidation sites excluding steroid dienone is 2. The van der Waals surface area contributed by atoms with Gasteiger partial charge in [0.2, 0.25) is 5.88 Å². The van der Waals surface area contributed by atoms with Gasteiger partial charge in [-0.25, -0.2) is 24.1 Å². The fourth-order valence-electron chi connectivity index (χ4n) is 5.30. The van der Waals surface area contributed by atoms with Gasteiger partial charge in [0.05, 0.1) is 36.5 Å². The predicted molar refractivity (Wildman–Crippen MR) is 152 cm³/mol. The average Bonchev–Trinajstić information content (AvgIpc) is 3.30. The molecule has 212 valence electrons. The van der Waals surface area contributed by atoms with Gasteiger partial charge >= 0.3 is 5.97 Å². The number of esters is 1. The van der Waals surface area contributed by atoms with Gasteiger partial charge in [-0.2, -0.15) is 0 Å². The van der Waals surface area contributed by atoms with Crippen LogP contribution >= 0.6 is 11.6 Å². The molecule has 10 heteroatoms. The number of halogens is 2. The van der Waals surface area contributed by atoms with E-state index in [0.29, 0.717) is 40.1 Å². The molecule has 0 bridgehead atoms. The number of fused-ring (bicyclic) bond motifs is 1. The molecule has 4 aromatic rings. The normalized spacial score (nSPS) is 18.6. The number of benzene rings is 1.